The highest BCUT2D eigenvalue weighted by Gasteiger charge is 2.09. The van der Waals surface area contributed by atoms with Crippen LogP contribution in [0.25, 0.3) is 10.9 Å². The molecule has 2 aromatic rings. The molecule has 106 valence electrons. The summed E-state index contributed by atoms with van der Waals surface area (Å²) in [5, 5.41) is 4.63. The number of nitrogens with one attached hydrogen (secondary N) is 1. The molecule has 1 fully saturated rings. The van der Waals surface area contributed by atoms with Crippen molar-refractivity contribution in [3.63, 3.8) is 0 Å². The van der Waals surface area contributed by atoms with E-state index in [2.05, 4.69) is 21.3 Å². The smallest absolute Gasteiger partial charge is 0.0951 e. The summed E-state index contributed by atoms with van der Waals surface area (Å²) in [5.41, 5.74) is 8.72. The summed E-state index contributed by atoms with van der Waals surface area (Å²) in [7, 11) is 0. The van der Waals surface area contributed by atoms with Crippen LogP contribution in [0, 0.1) is 0 Å². The summed E-state index contributed by atoms with van der Waals surface area (Å²) < 4.78 is 0. The Kier molecular flexibility index (Phi) is 4.02. The van der Waals surface area contributed by atoms with E-state index in [4.69, 9.17) is 5.73 Å². The van der Waals surface area contributed by atoms with Crippen LogP contribution in [0.1, 0.15) is 19.3 Å². The highest BCUT2D eigenvalue weighted by molar-refractivity contribution is 5.97. The predicted octanol–water partition coefficient (Wildman–Crippen LogP) is 2.71. The van der Waals surface area contributed by atoms with E-state index in [1.165, 1.54) is 32.4 Å². The molecule has 4 nitrogen and oxygen atoms in total. The van der Waals surface area contributed by atoms with Gasteiger partial charge in [-0.1, -0.05) is 18.6 Å². The van der Waals surface area contributed by atoms with Gasteiger partial charge in [0.25, 0.3) is 0 Å². The summed E-state index contributed by atoms with van der Waals surface area (Å²) in [4.78, 5) is 6.90. The van der Waals surface area contributed by atoms with Crippen molar-refractivity contribution >= 4 is 22.3 Å². The zero-order valence-electron chi connectivity index (χ0n) is 11.8. The summed E-state index contributed by atoms with van der Waals surface area (Å²) >= 11 is 0. The molecule has 0 spiro atoms. The molecule has 1 aromatic carbocycles. The number of nitrogens with two attached hydrogens (primary N) is 1. The molecule has 1 aliphatic heterocycles. The Morgan fingerprint density at radius 2 is 2.00 bits per heavy atom. The summed E-state index contributed by atoms with van der Waals surface area (Å²) in [6.07, 6.45) is 5.89. The van der Waals surface area contributed by atoms with Gasteiger partial charge in [-0.15, -0.1) is 0 Å². The van der Waals surface area contributed by atoms with Crippen molar-refractivity contribution in [1.82, 2.24) is 9.88 Å². The van der Waals surface area contributed by atoms with Gasteiger partial charge in [0.2, 0.25) is 0 Å². The van der Waals surface area contributed by atoms with E-state index in [9.17, 15) is 0 Å². The first-order chi connectivity index (χ1) is 9.84. The molecule has 1 saturated heterocycles. The number of piperidine rings is 1. The Morgan fingerprint density at radius 1 is 1.15 bits per heavy atom. The first-order valence-electron chi connectivity index (χ1n) is 7.44. The van der Waals surface area contributed by atoms with Gasteiger partial charge in [0, 0.05) is 30.4 Å². The molecule has 0 saturated carbocycles. The second-order valence-electron chi connectivity index (χ2n) is 5.43. The van der Waals surface area contributed by atoms with Crippen molar-refractivity contribution in [3.05, 3.63) is 30.5 Å². The van der Waals surface area contributed by atoms with E-state index < -0.39 is 0 Å². The Hall–Kier alpha value is -1.81. The van der Waals surface area contributed by atoms with Crippen LogP contribution in [0.2, 0.25) is 0 Å². The molecule has 0 unspecified atom stereocenters. The van der Waals surface area contributed by atoms with Crippen LogP contribution in [0.5, 0.6) is 0 Å². The molecule has 20 heavy (non-hydrogen) atoms. The molecular weight excluding hydrogens is 248 g/mol. The summed E-state index contributed by atoms with van der Waals surface area (Å²) in [6.45, 7) is 4.55. The highest BCUT2D eigenvalue weighted by Crippen LogP contribution is 2.25. The number of aromatic nitrogens is 1. The van der Waals surface area contributed by atoms with Gasteiger partial charge in [0.05, 0.1) is 11.2 Å². The van der Waals surface area contributed by atoms with Crippen LogP contribution < -0.4 is 11.1 Å². The van der Waals surface area contributed by atoms with Crippen molar-refractivity contribution in [2.75, 3.05) is 37.2 Å². The van der Waals surface area contributed by atoms with Gasteiger partial charge in [0.1, 0.15) is 0 Å². The van der Waals surface area contributed by atoms with Gasteiger partial charge in [-0.2, -0.15) is 0 Å². The molecule has 0 amide bonds. The molecule has 0 aliphatic carbocycles. The normalized spacial score (nSPS) is 16.4. The lowest BCUT2D eigenvalue weighted by atomic mass is 10.1. The second kappa shape index (κ2) is 6.09. The van der Waals surface area contributed by atoms with Crippen molar-refractivity contribution in [2.24, 2.45) is 0 Å². The predicted molar refractivity (Wildman–Crippen MR) is 84.9 cm³/mol. The van der Waals surface area contributed by atoms with Crippen molar-refractivity contribution in [3.8, 4) is 0 Å². The zero-order valence-corrected chi connectivity index (χ0v) is 11.8. The van der Waals surface area contributed by atoms with E-state index >= 15 is 0 Å². The maximum absolute atomic E-state index is 5.97. The fourth-order valence-corrected chi connectivity index (χ4v) is 2.88. The van der Waals surface area contributed by atoms with Gasteiger partial charge in [-0.3, -0.25) is 4.98 Å². The first-order valence-corrected chi connectivity index (χ1v) is 7.44. The minimum Gasteiger partial charge on any atom is -0.397 e. The molecule has 3 rings (SSSR count). The van der Waals surface area contributed by atoms with Crippen molar-refractivity contribution in [2.45, 2.75) is 19.3 Å². The third-order valence-electron chi connectivity index (χ3n) is 3.99. The molecular formula is C16H22N4. The van der Waals surface area contributed by atoms with Crippen LogP contribution >= 0.6 is 0 Å². The van der Waals surface area contributed by atoms with E-state index in [1.54, 1.807) is 0 Å². The SMILES string of the molecule is Nc1cccc2c(NCCN3CCCCC3)ccnc12. The van der Waals surface area contributed by atoms with Gasteiger partial charge in [0.15, 0.2) is 0 Å². The van der Waals surface area contributed by atoms with Crippen LogP contribution in [-0.4, -0.2) is 36.1 Å². The lowest BCUT2D eigenvalue weighted by molar-refractivity contribution is 0.237. The molecule has 0 atom stereocenters. The molecule has 1 aliphatic rings. The Morgan fingerprint density at radius 3 is 2.85 bits per heavy atom. The maximum Gasteiger partial charge on any atom is 0.0951 e. The number of hydrogen-bond donors (Lipinski definition) is 2. The molecule has 3 N–H and O–H groups in total. The Bertz CT molecular complexity index is 576. The van der Waals surface area contributed by atoms with Crippen LogP contribution in [0.15, 0.2) is 30.5 Å². The monoisotopic (exact) mass is 270 g/mol. The minimum absolute atomic E-state index is 0.738. The minimum atomic E-state index is 0.738. The number of fused-ring (bicyclic) bond motifs is 1. The van der Waals surface area contributed by atoms with Crippen LogP contribution in [0.3, 0.4) is 0 Å². The maximum atomic E-state index is 5.97. The fraction of sp³-hybridized carbons (Fsp3) is 0.438. The Balaban J connectivity index is 1.66. The van der Waals surface area contributed by atoms with Crippen LogP contribution in [-0.2, 0) is 0 Å². The quantitative estimate of drug-likeness (QED) is 0.839. The molecule has 1 aromatic heterocycles. The van der Waals surface area contributed by atoms with E-state index in [0.717, 1.165) is 35.4 Å². The second-order valence-corrected chi connectivity index (χ2v) is 5.43. The number of likely N-dealkylation sites (tertiary alicyclic amines) is 1. The largest absolute Gasteiger partial charge is 0.397 e. The average molecular weight is 270 g/mol. The molecule has 2 heterocycles. The van der Waals surface area contributed by atoms with Gasteiger partial charge >= 0.3 is 0 Å². The highest BCUT2D eigenvalue weighted by atomic mass is 15.1. The molecule has 0 bridgehead atoms. The average Bonchev–Trinajstić information content (AvgIpc) is 2.49. The van der Waals surface area contributed by atoms with Gasteiger partial charge in [-0.05, 0) is 38.1 Å². The number of pyridine rings is 1. The summed E-state index contributed by atoms with van der Waals surface area (Å²) in [6, 6.07) is 7.97. The topological polar surface area (TPSA) is 54.2 Å². The van der Waals surface area contributed by atoms with E-state index in [0.29, 0.717) is 0 Å². The number of rotatable bonds is 4. The lowest BCUT2D eigenvalue weighted by Gasteiger charge is -2.26. The standard InChI is InChI=1S/C16H22N4/c17-14-6-4-5-13-15(7-8-19-16(13)14)18-9-12-20-10-2-1-3-11-20/h4-8H,1-3,9-12,17H2,(H,18,19). The van der Waals surface area contributed by atoms with Gasteiger partial charge in [-0.25, -0.2) is 0 Å². The zero-order chi connectivity index (χ0) is 13.8. The summed E-state index contributed by atoms with van der Waals surface area (Å²) in [5.74, 6) is 0. The van der Waals surface area contributed by atoms with E-state index in [1.807, 2.05) is 24.4 Å². The number of benzene rings is 1. The third-order valence-corrected chi connectivity index (χ3v) is 3.99. The fourth-order valence-electron chi connectivity index (χ4n) is 2.88. The number of nitrogens with zero attached hydrogens (tertiary/aromatic N) is 2. The third kappa shape index (κ3) is 2.85. The van der Waals surface area contributed by atoms with Crippen molar-refractivity contribution < 1.29 is 0 Å². The van der Waals surface area contributed by atoms with Crippen molar-refractivity contribution in [1.29, 1.82) is 0 Å². The first kappa shape index (κ1) is 13.2. The lowest BCUT2D eigenvalue weighted by Crippen LogP contribution is -2.33. The van der Waals surface area contributed by atoms with Crippen LogP contribution in [0.4, 0.5) is 11.4 Å². The van der Waals surface area contributed by atoms with E-state index in [-0.39, 0.29) is 0 Å². The number of nitrogen functional groups attached to an aromatic ring is 1. The molecule has 4 heteroatoms. The number of anilines is 2. The number of para-hydroxylation sites is 1. The Labute approximate surface area is 120 Å². The molecule has 0 radical (unpaired) electrons. The number of hydrogen-bond acceptors (Lipinski definition) is 4. The van der Waals surface area contributed by atoms with Gasteiger partial charge < -0.3 is 16.0 Å².